The topological polar surface area (TPSA) is 8.17 Å². The van der Waals surface area contributed by atoms with Gasteiger partial charge in [0.15, 0.2) is 0 Å². The van der Waals surface area contributed by atoms with Crippen molar-refractivity contribution in [2.75, 3.05) is 11.4 Å². The summed E-state index contributed by atoms with van der Waals surface area (Å²) in [7, 11) is 0. The summed E-state index contributed by atoms with van der Waals surface area (Å²) in [5, 5.41) is 4.08. The fourth-order valence-corrected chi connectivity index (χ4v) is 5.03. The molecular formula is C28H24N2. The van der Waals surface area contributed by atoms with E-state index >= 15 is 0 Å². The zero-order valence-electron chi connectivity index (χ0n) is 17.0. The molecular weight excluding hydrogens is 364 g/mol. The van der Waals surface area contributed by atoms with E-state index in [9.17, 15) is 0 Å². The van der Waals surface area contributed by atoms with Crippen LogP contribution in [-0.4, -0.2) is 11.1 Å². The number of aromatic nitrogens is 1. The second-order valence-electron chi connectivity index (χ2n) is 8.17. The molecule has 2 heteroatoms. The van der Waals surface area contributed by atoms with Crippen molar-refractivity contribution in [1.29, 1.82) is 0 Å². The lowest BCUT2D eigenvalue weighted by molar-refractivity contribution is 0.669. The Morgan fingerprint density at radius 3 is 2.30 bits per heavy atom. The van der Waals surface area contributed by atoms with E-state index in [0.29, 0.717) is 0 Å². The van der Waals surface area contributed by atoms with Crippen LogP contribution >= 0.6 is 0 Å². The van der Waals surface area contributed by atoms with E-state index < -0.39 is 0 Å². The molecule has 146 valence electrons. The second-order valence-corrected chi connectivity index (χ2v) is 8.17. The third kappa shape index (κ3) is 2.80. The van der Waals surface area contributed by atoms with E-state index in [0.717, 1.165) is 26.1 Å². The Morgan fingerprint density at radius 1 is 0.667 bits per heavy atom. The highest BCUT2D eigenvalue weighted by Crippen LogP contribution is 2.34. The van der Waals surface area contributed by atoms with Crippen LogP contribution in [-0.2, 0) is 19.5 Å². The van der Waals surface area contributed by atoms with Crippen LogP contribution in [0.4, 0.5) is 5.69 Å². The van der Waals surface area contributed by atoms with E-state index in [2.05, 4.69) is 107 Å². The first-order valence-corrected chi connectivity index (χ1v) is 10.7. The van der Waals surface area contributed by atoms with Crippen LogP contribution in [0.3, 0.4) is 0 Å². The molecule has 0 atom stereocenters. The molecule has 1 aliphatic rings. The van der Waals surface area contributed by atoms with Gasteiger partial charge >= 0.3 is 0 Å². The Balaban J connectivity index is 1.49. The lowest BCUT2D eigenvalue weighted by Gasteiger charge is -2.30. The number of nitrogens with zero attached hydrogens (tertiary/aromatic N) is 2. The highest BCUT2D eigenvalue weighted by Gasteiger charge is 2.24. The molecule has 0 fully saturated rings. The summed E-state index contributed by atoms with van der Waals surface area (Å²) in [6, 6.07) is 35.1. The quantitative estimate of drug-likeness (QED) is 0.347. The van der Waals surface area contributed by atoms with Gasteiger partial charge in [-0.1, -0.05) is 78.9 Å². The van der Waals surface area contributed by atoms with Crippen LogP contribution in [0.15, 0.2) is 97.1 Å². The van der Waals surface area contributed by atoms with Gasteiger partial charge in [0.25, 0.3) is 0 Å². The molecule has 2 heterocycles. The van der Waals surface area contributed by atoms with Crippen LogP contribution < -0.4 is 4.90 Å². The van der Waals surface area contributed by atoms with Gasteiger partial charge in [-0.25, -0.2) is 0 Å². The molecule has 0 radical (unpaired) electrons. The first kappa shape index (κ1) is 17.3. The third-order valence-corrected chi connectivity index (χ3v) is 6.50. The summed E-state index contributed by atoms with van der Waals surface area (Å²) >= 11 is 0. The molecule has 6 rings (SSSR count). The highest BCUT2D eigenvalue weighted by molar-refractivity contribution is 5.88. The van der Waals surface area contributed by atoms with Crippen molar-refractivity contribution in [1.82, 2.24) is 4.57 Å². The number of para-hydroxylation sites is 2. The number of anilines is 1. The summed E-state index contributed by atoms with van der Waals surface area (Å²) in [6.45, 7) is 2.93. The lowest BCUT2D eigenvalue weighted by Crippen LogP contribution is -2.31. The maximum absolute atomic E-state index is 2.56. The minimum atomic E-state index is 0.903. The molecule has 0 N–H and O–H groups in total. The first-order chi connectivity index (χ1) is 14.9. The smallest absolute Gasteiger partial charge is 0.0585 e. The molecule has 0 saturated heterocycles. The molecule has 1 aliphatic heterocycles. The van der Waals surface area contributed by atoms with Crippen molar-refractivity contribution in [2.45, 2.75) is 19.5 Å². The Kier molecular flexibility index (Phi) is 4.09. The summed E-state index contributed by atoms with van der Waals surface area (Å²) < 4.78 is 2.56. The number of fused-ring (bicyclic) bond motifs is 4. The molecule has 4 aromatic carbocycles. The summed E-state index contributed by atoms with van der Waals surface area (Å²) in [5.74, 6) is 0. The summed E-state index contributed by atoms with van der Waals surface area (Å²) in [6.07, 6.45) is 1.09. The van der Waals surface area contributed by atoms with Gasteiger partial charge in [0.2, 0.25) is 0 Å². The van der Waals surface area contributed by atoms with E-state index in [-0.39, 0.29) is 0 Å². The van der Waals surface area contributed by atoms with Crippen molar-refractivity contribution in [3.05, 3.63) is 114 Å². The average Bonchev–Trinajstić information content (AvgIpc) is 3.13. The van der Waals surface area contributed by atoms with Crippen LogP contribution in [0.2, 0.25) is 0 Å². The summed E-state index contributed by atoms with van der Waals surface area (Å²) in [4.78, 5) is 2.51. The maximum atomic E-state index is 2.56. The Labute approximate surface area is 177 Å². The fraction of sp³-hybridized carbons (Fsp3) is 0.143. The van der Waals surface area contributed by atoms with Crippen molar-refractivity contribution in [3.63, 3.8) is 0 Å². The zero-order valence-corrected chi connectivity index (χ0v) is 17.0. The second kappa shape index (κ2) is 7.07. The Hall–Kier alpha value is -3.52. The largest absolute Gasteiger partial charge is 0.365 e. The van der Waals surface area contributed by atoms with Gasteiger partial charge in [0.05, 0.1) is 6.54 Å². The van der Waals surface area contributed by atoms with Gasteiger partial charge in [-0.15, -0.1) is 0 Å². The number of benzene rings is 4. The zero-order chi connectivity index (χ0) is 19.9. The predicted octanol–water partition coefficient (Wildman–Crippen LogP) is 6.41. The van der Waals surface area contributed by atoms with Crippen LogP contribution in [0.1, 0.15) is 16.8 Å². The molecule has 0 aliphatic carbocycles. The van der Waals surface area contributed by atoms with E-state index in [1.807, 2.05) is 0 Å². The minimum absolute atomic E-state index is 0.903. The number of hydrogen-bond donors (Lipinski definition) is 0. The molecule has 0 spiro atoms. The minimum Gasteiger partial charge on any atom is -0.365 e. The monoisotopic (exact) mass is 388 g/mol. The Bertz CT molecular complexity index is 1340. The standard InChI is InChI=1S/C28H24N2/c1-2-12-23(13-3-1)29-18-17-26-25-15-6-7-16-27(25)30(28(26)20-29)19-22-11-8-10-21-9-4-5-14-24(21)22/h1-16H,17-20H2. The molecule has 0 unspecified atom stereocenters. The molecule has 0 bridgehead atoms. The molecule has 0 saturated carbocycles. The van der Waals surface area contributed by atoms with Crippen LogP contribution in [0.5, 0.6) is 0 Å². The van der Waals surface area contributed by atoms with Crippen molar-refractivity contribution in [2.24, 2.45) is 0 Å². The van der Waals surface area contributed by atoms with Gasteiger partial charge < -0.3 is 9.47 Å². The molecule has 0 amide bonds. The molecule has 5 aromatic rings. The highest BCUT2D eigenvalue weighted by atomic mass is 15.2. The third-order valence-electron chi connectivity index (χ3n) is 6.50. The molecule has 2 nitrogen and oxygen atoms in total. The van der Waals surface area contributed by atoms with E-state index in [1.54, 1.807) is 0 Å². The van der Waals surface area contributed by atoms with Gasteiger partial charge in [0, 0.05) is 35.4 Å². The number of hydrogen-bond acceptors (Lipinski definition) is 1. The van der Waals surface area contributed by atoms with Gasteiger partial charge in [0.1, 0.15) is 0 Å². The first-order valence-electron chi connectivity index (χ1n) is 10.7. The lowest BCUT2D eigenvalue weighted by atomic mass is 10.0. The normalized spacial score (nSPS) is 13.7. The van der Waals surface area contributed by atoms with Crippen molar-refractivity contribution < 1.29 is 0 Å². The fourth-order valence-electron chi connectivity index (χ4n) is 5.03. The number of rotatable bonds is 3. The average molecular weight is 389 g/mol. The van der Waals surface area contributed by atoms with Gasteiger partial charge in [-0.05, 0) is 46.5 Å². The van der Waals surface area contributed by atoms with Gasteiger partial charge in [-0.2, -0.15) is 0 Å². The van der Waals surface area contributed by atoms with E-state index in [4.69, 9.17) is 0 Å². The van der Waals surface area contributed by atoms with Crippen LogP contribution in [0.25, 0.3) is 21.7 Å². The van der Waals surface area contributed by atoms with Crippen molar-refractivity contribution in [3.8, 4) is 0 Å². The van der Waals surface area contributed by atoms with Crippen LogP contribution in [0, 0.1) is 0 Å². The van der Waals surface area contributed by atoms with Gasteiger partial charge in [-0.3, -0.25) is 0 Å². The van der Waals surface area contributed by atoms with E-state index in [1.165, 1.54) is 44.2 Å². The predicted molar refractivity (Wildman–Crippen MR) is 126 cm³/mol. The maximum Gasteiger partial charge on any atom is 0.0585 e. The molecule has 1 aromatic heterocycles. The van der Waals surface area contributed by atoms with Crippen molar-refractivity contribution >= 4 is 27.4 Å². The molecule has 30 heavy (non-hydrogen) atoms. The summed E-state index contributed by atoms with van der Waals surface area (Å²) in [5.41, 5.74) is 7.03. The SMILES string of the molecule is c1ccc(N2CCc3c(n(Cc4cccc5ccccc45)c4ccccc34)C2)cc1. The Morgan fingerprint density at radius 2 is 1.40 bits per heavy atom.